The largest absolute Gasteiger partial charge is 0.368 e. The normalized spacial score (nSPS) is 17.2. The van der Waals surface area contributed by atoms with Gasteiger partial charge in [0.15, 0.2) is 0 Å². The standard InChI is InChI=1S/C17H22N6O2/c1-12-4-6-18-15(10-12)21-17(24)23-8-9-25-14(11-23)13-5-7-19-16(20-13)22(2)3/h4-7,10,14H,8-9,11H2,1-3H3,(H,18,21,24)/t14-/m1/s1. The Morgan fingerprint density at radius 1 is 1.32 bits per heavy atom. The molecule has 3 heterocycles. The van der Waals surface area contributed by atoms with Crippen LogP contribution in [-0.4, -0.2) is 59.7 Å². The van der Waals surface area contributed by atoms with Crippen molar-refractivity contribution in [3.05, 3.63) is 41.9 Å². The number of anilines is 2. The number of aromatic nitrogens is 3. The van der Waals surface area contributed by atoms with E-state index in [0.29, 0.717) is 31.5 Å². The fraction of sp³-hybridized carbons (Fsp3) is 0.412. The van der Waals surface area contributed by atoms with Gasteiger partial charge in [0.05, 0.1) is 18.8 Å². The summed E-state index contributed by atoms with van der Waals surface area (Å²) >= 11 is 0. The van der Waals surface area contributed by atoms with Crippen molar-refractivity contribution in [2.75, 3.05) is 44.0 Å². The molecule has 1 aliphatic rings. The minimum atomic E-state index is -0.272. The summed E-state index contributed by atoms with van der Waals surface area (Å²) in [5.74, 6) is 1.16. The Kier molecular flexibility index (Phi) is 5.08. The zero-order valence-corrected chi connectivity index (χ0v) is 14.6. The molecule has 0 spiro atoms. The van der Waals surface area contributed by atoms with Crippen LogP contribution in [0.25, 0.3) is 0 Å². The first-order valence-corrected chi connectivity index (χ1v) is 8.13. The van der Waals surface area contributed by atoms with Gasteiger partial charge in [-0.15, -0.1) is 0 Å². The van der Waals surface area contributed by atoms with E-state index in [0.717, 1.165) is 11.3 Å². The second-order valence-corrected chi connectivity index (χ2v) is 6.13. The molecule has 1 atom stereocenters. The van der Waals surface area contributed by atoms with E-state index >= 15 is 0 Å². The fourth-order valence-corrected chi connectivity index (χ4v) is 2.56. The number of morpholine rings is 1. The van der Waals surface area contributed by atoms with E-state index in [1.54, 1.807) is 17.3 Å². The van der Waals surface area contributed by atoms with Gasteiger partial charge in [-0.3, -0.25) is 5.32 Å². The Hall–Kier alpha value is -2.74. The summed E-state index contributed by atoms with van der Waals surface area (Å²) in [5.41, 5.74) is 1.81. The second kappa shape index (κ2) is 7.43. The van der Waals surface area contributed by atoms with Crippen LogP contribution in [0, 0.1) is 6.92 Å². The number of nitrogens with one attached hydrogen (secondary N) is 1. The van der Waals surface area contributed by atoms with Gasteiger partial charge in [0.25, 0.3) is 0 Å². The first-order valence-electron chi connectivity index (χ1n) is 8.13. The number of carbonyl (C=O) groups is 1. The molecule has 1 saturated heterocycles. The van der Waals surface area contributed by atoms with E-state index in [2.05, 4.69) is 20.3 Å². The molecule has 0 bridgehead atoms. The maximum atomic E-state index is 12.5. The maximum absolute atomic E-state index is 12.5. The Morgan fingerprint density at radius 3 is 2.88 bits per heavy atom. The van der Waals surface area contributed by atoms with Gasteiger partial charge >= 0.3 is 6.03 Å². The van der Waals surface area contributed by atoms with Crippen LogP contribution in [0.3, 0.4) is 0 Å². The van der Waals surface area contributed by atoms with Gasteiger partial charge < -0.3 is 14.5 Å². The fourth-order valence-electron chi connectivity index (χ4n) is 2.56. The monoisotopic (exact) mass is 342 g/mol. The van der Waals surface area contributed by atoms with E-state index in [1.165, 1.54) is 0 Å². The molecular weight excluding hydrogens is 320 g/mol. The smallest absolute Gasteiger partial charge is 0.323 e. The zero-order valence-electron chi connectivity index (χ0n) is 14.6. The molecule has 0 aromatic carbocycles. The lowest BCUT2D eigenvalue weighted by atomic mass is 10.2. The third-order valence-corrected chi connectivity index (χ3v) is 3.90. The first-order chi connectivity index (χ1) is 12.0. The molecule has 8 heteroatoms. The Morgan fingerprint density at radius 2 is 2.12 bits per heavy atom. The molecule has 2 aromatic heterocycles. The minimum Gasteiger partial charge on any atom is -0.368 e. The number of rotatable bonds is 3. The van der Waals surface area contributed by atoms with Gasteiger partial charge in [0.1, 0.15) is 11.9 Å². The van der Waals surface area contributed by atoms with Crippen LogP contribution in [0.15, 0.2) is 30.6 Å². The molecule has 0 unspecified atom stereocenters. The number of hydrogen-bond donors (Lipinski definition) is 1. The lowest BCUT2D eigenvalue weighted by molar-refractivity contribution is -0.0157. The average molecular weight is 342 g/mol. The number of ether oxygens (including phenoxy) is 1. The summed E-state index contributed by atoms with van der Waals surface area (Å²) in [6, 6.07) is 5.36. The number of pyridine rings is 1. The highest BCUT2D eigenvalue weighted by atomic mass is 16.5. The maximum Gasteiger partial charge on any atom is 0.323 e. The third-order valence-electron chi connectivity index (χ3n) is 3.90. The number of carbonyl (C=O) groups excluding carboxylic acids is 1. The highest BCUT2D eigenvalue weighted by molar-refractivity contribution is 5.88. The van der Waals surface area contributed by atoms with Crippen molar-refractivity contribution in [2.45, 2.75) is 13.0 Å². The SMILES string of the molecule is Cc1ccnc(NC(=O)N2CCO[C@@H](c3ccnc(N(C)C)n3)C2)c1. The van der Waals surface area contributed by atoms with Crippen molar-refractivity contribution in [3.8, 4) is 0 Å². The van der Waals surface area contributed by atoms with E-state index < -0.39 is 0 Å². The number of nitrogens with zero attached hydrogens (tertiary/aromatic N) is 5. The summed E-state index contributed by atoms with van der Waals surface area (Å²) in [6.45, 7) is 3.38. The molecule has 1 fully saturated rings. The Labute approximate surface area is 146 Å². The van der Waals surface area contributed by atoms with Gasteiger partial charge in [-0.1, -0.05) is 0 Å². The highest BCUT2D eigenvalue weighted by Crippen LogP contribution is 2.22. The van der Waals surface area contributed by atoms with Crippen molar-refractivity contribution in [3.63, 3.8) is 0 Å². The van der Waals surface area contributed by atoms with E-state index in [1.807, 2.05) is 44.1 Å². The molecule has 0 aliphatic carbocycles. The predicted molar refractivity (Wildman–Crippen MR) is 94.6 cm³/mol. The predicted octanol–water partition coefficient (Wildman–Crippen LogP) is 1.85. The molecule has 8 nitrogen and oxygen atoms in total. The number of amides is 2. The Bertz CT molecular complexity index is 751. The zero-order chi connectivity index (χ0) is 17.8. The topological polar surface area (TPSA) is 83.5 Å². The number of aryl methyl sites for hydroxylation is 1. The molecule has 1 N–H and O–H groups in total. The molecule has 1 aliphatic heterocycles. The lowest BCUT2D eigenvalue weighted by Crippen LogP contribution is -2.44. The molecule has 132 valence electrons. The quantitative estimate of drug-likeness (QED) is 0.916. The summed E-state index contributed by atoms with van der Waals surface area (Å²) < 4.78 is 5.80. The second-order valence-electron chi connectivity index (χ2n) is 6.13. The van der Waals surface area contributed by atoms with Gasteiger partial charge in [-0.05, 0) is 30.7 Å². The van der Waals surface area contributed by atoms with Crippen molar-refractivity contribution in [1.82, 2.24) is 19.9 Å². The van der Waals surface area contributed by atoms with Gasteiger partial charge in [-0.2, -0.15) is 0 Å². The average Bonchev–Trinajstić information content (AvgIpc) is 2.62. The van der Waals surface area contributed by atoms with Gasteiger partial charge in [0.2, 0.25) is 5.95 Å². The molecular formula is C17H22N6O2. The molecule has 3 rings (SSSR count). The molecule has 2 amide bonds. The van der Waals surface area contributed by atoms with Crippen LogP contribution in [0.1, 0.15) is 17.4 Å². The molecule has 2 aromatic rings. The molecule has 0 radical (unpaired) electrons. The summed E-state index contributed by atoms with van der Waals surface area (Å²) in [5, 5.41) is 2.83. The van der Waals surface area contributed by atoms with E-state index in [4.69, 9.17) is 4.74 Å². The van der Waals surface area contributed by atoms with Crippen LogP contribution < -0.4 is 10.2 Å². The van der Waals surface area contributed by atoms with Crippen LogP contribution in [0.4, 0.5) is 16.6 Å². The van der Waals surface area contributed by atoms with E-state index in [-0.39, 0.29) is 12.1 Å². The van der Waals surface area contributed by atoms with Crippen LogP contribution in [-0.2, 0) is 4.74 Å². The minimum absolute atomic E-state index is 0.187. The van der Waals surface area contributed by atoms with Gasteiger partial charge in [-0.25, -0.2) is 19.7 Å². The van der Waals surface area contributed by atoms with Crippen LogP contribution in [0.5, 0.6) is 0 Å². The number of hydrogen-bond acceptors (Lipinski definition) is 6. The highest BCUT2D eigenvalue weighted by Gasteiger charge is 2.27. The number of urea groups is 1. The summed E-state index contributed by atoms with van der Waals surface area (Å²) in [4.78, 5) is 28.9. The van der Waals surface area contributed by atoms with Crippen molar-refractivity contribution >= 4 is 17.8 Å². The summed E-state index contributed by atoms with van der Waals surface area (Å²) in [7, 11) is 3.77. The first kappa shape index (κ1) is 17.1. The van der Waals surface area contributed by atoms with Crippen molar-refractivity contribution < 1.29 is 9.53 Å². The van der Waals surface area contributed by atoms with Crippen molar-refractivity contribution in [2.24, 2.45) is 0 Å². The summed E-state index contributed by atoms with van der Waals surface area (Å²) in [6.07, 6.45) is 3.11. The third kappa shape index (κ3) is 4.21. The van der Waals surface area contributed by atoms with E-state index in [9.17, 15) is 4.79 Å². The van der Waals surface area contributed by atoms with Crippen LogP contribution in [0.2, 0.25) is 0 Å². The van der Waals surface area contributed by atoms with Crippen molar-refractivity contribution in [1.29, 1.82) is 0 Å². The lowest BCUT2D eigenvalue weighted by Gasteiger charge is -2.32. The van der Waals surface area contributed by atoms with Gasteiger partial charge in [0, 0.05) is 33.0 Å². The Balaban J connectivity index is 1.68. The molecule has 0 saturated carbocycles. The molecule has 25 heavy (non-hydrogen) atoms. The van der Waals surface area contributed by atoms with Crippen LogP contribution >= 0.6 is 0 Å².